The monoisotopic (exact) mass is 540 g/mol. The number of anilines is 1. The molecule has 3 aromatic carbocycles. The summed E-state index contributed by atoms with van der Waals surface area (Å²) in [4.78, 5) is 36.2. The molecule has 3 amide bonds. The van der Waals surface area contributed by atoms with Gasteiger partial charge in [-0.1, -0.05) is 30.3 Å². The number of ether oxygens (including phenoxy) is 1. The third kappa shape index (κ3) is 6.09. The van der Waals surface area contributed by atoms with Gasteiger partial charge >= 0.3 is 0 Å². The van der Waals surface area contributed by atoms with E-state index in [0.29, 0.717) is 17.0 Å². The summed E-state index contributed by atoms with van der Waals surface area (Å²) < 4.78 is 6.35. The zero-order valence-corrected chi connectivity index (χ0v) is 20.3. The Morgan fingerprint density at radius 3 is 2.44 bits per heavy atom. The molecule has 8 nitrogen and oxygen atoms in total. The van der Waals surface area contributed by atoms with E-state index in [2.05, 4.69) is 37.4 Å². The van der Waals surface area contributed by atoms with Crippen molar-refractivity contribution in [3.05, 3.63) is 70.7 Å². The molecule has 0 atom stereocenters. The number of carbonyl (C=O) groups excluding carboxylic acids is 3. The second kappa shape index (κ2) is 10.6. The molecule has 3 aromatic rings. The van der Waals surface area contributed by atoms with Crippen molar-refractivity contribution in [3.63, 3.8) is 0 Å². The number of carbonyl (C=O) groups is 3. The summed E-state index contributed by atoms with van der Waals surface area (Å²) in [5.74, 6) is -0.312. The lowest BCUT2D eigenvalue weighted by molar-refractivity contribution is -0.121. The number of halogens is 1. The van der Waals surface area contributed by atoms with Gasteiger partial charge in [0, 0.05) is 17.2 Å². The third-order valence-corrected chi connectivity index (χ3v) is 6.11. The zero-order chi connectivity index (χ0) is 24.1. The lowest BCUT2D eigenvalue weighted by atomic mass is 10.1. The van der Waals surface area contributed by atoms with Crippen LogP contribution in [-0.4, -0.2) is 29.4 Å². The Kier molecular flexibility index (Phi) is 7.39. The molecule has 10 heteroatoms. The van der Waals surface area contributed by atoms with E-state index in [4.69, 9.17) is 17.0 Å². The lowest BCUT2D eigenvalue weighted by Gasteiger charge is -2.13. The summed E-state index contributed by atoms with van der Waals surface area (Å²) in [7, 11) is 0. The van der Waals surface area contributed by atoms with Gasteiger partial charge in [-0.15, -0.1) is 0 Å². The van der Waals surface area contributed by atoms with Crippen LogP contribution in [0, 0.1) is 5.92 Å². The van der Waals surface area contributed by atoms with Crippen LogP contribution in [0.4, 0.5) is 5.69 Å². The van der Waals surface area contributed by atoms with E-state index in [1.54, 1.807) is 30.3 Å². The van der Waals surface area contributed by atoms with Crippen molar-refractivity contribution in [1.29, 1.82) is 0 Å². The molecule has 4 N–H and O–H groups in total. The molecular weight excluding hydrogens is 520 g/mol. The van der Waals surface area contributed by atoms with Crippen molar-refractivity contribution in [3.8, 4) is 5.75 Å². The lowest BCUT2D eigenvalue weighted by Crippen LogP contribution is -2.49. The molecule has 0 radical (unpaired) electrons. The van der Waals surface area contributed by atoms with E-state index in [1.807, 2.05) is 30.3 Å². The minimum Gasteiger partial charge on any atom is -0.483 e. The molecule has 0 heterocycles. The summed E-state index contributed by atoms with van der Waals surface area (Å²) in [6.07, 6.45) is 1.84. The van der Waals surface area contributed by atoms with Crippen molar-refractivity contribution in [2.24, 2.45) is 5.92 Å². The van der Waals surface area contributed by atoms with Crippen molar-refractivity contribution < 1.29 is 19.1 Å². The molecule has 34 heavy (non-hydrogen) atoms. The van der Waals surface area contributed by atoms with E-state index in [-0.39, 0.29) is 23.5 Å². The highest BCUT2D eigenvalue weighted by Crippen LogP contribution is 2.33. The zero-order valence-electron chi connectivity index (χ0n) is 17.9. The van der Waals surface area contributed by atoms with E-state index < -0.39 is 11.8 Å². The first-order chi connectivity index (χ1) is 16.4. The quantitative estimate of drug-likeness (QED) is 0.280. The highest BCUT2D eigenvalue weighted by molar-refractivity contribution is 9.10. The van der Waals surface area contributed by atoms with Gasteiger partial charge in [-0.3, -0.25) is 30.6 Å². The predicted molar refractivity (Wildman–Crippen MR) is 136 cm³/mol. The summed E-state index contributed by atoms with van der Waals surface area (Å²) in [6.45, 7) is -0.263. The Bertz CT molecular complexity index is 1260. The van der Waals surface area contributed by atoms with Gasteiger partial charge in [-0.25, -0.2) is 0 Å². The predicted octanol–water partition coefficient (Wildman–Crippen LogP) is 3.67. The molecule has 1 fully saturated rings. The van der Waals surface area contributed by atoms with Gasteiger partial charge in [0.1, 0.15) is 5.75 Å². The first-order valence-corrected chi connectivity index (χ1v) is 11.7. The van der Waals surface area contributed by atoms with E-state index >= 15 is 0 Å². The van der Waals surface area contributed by atoms with E-state index in [0.717, 1.165) is 28.1 Å². The largest absolute Gasteiger partial charge is 0.483 e. The van der Waals surface area contributed by atoms with Crippen LogP contribution in [0.2, 0.25) is 0 Å². The number of amides is 3. The first kappa shape index (κ1) is 23.7. The van der Waals surface area contributed by atoms with Gasteiger partial charge in [0.15, 0.2) is 11.7 Å². The number of thiocarbonyl (C=S) groups is 1. The Labute approximate surface area is 209 Å². The van der Waals surface area contributed by atoms with Gasteiger partial charge < -0.3 is 10.1 Å². The maximum Gasteiger partial charge on any atom is 0.269 e. The normalized spacial score (nSPS) is 12.5. The Hall–Kier alpha value is -3.50. The minimum atomic E-state index is -0.484. The van der Waals surface area contributed by atoms with Crippen LogP contribution in [0.5, 0.6) is 5.75 Å². The Morgan fingerprint density at radius 2 is 1.71 bits per heavy atom. The number of hydrogen-bond donors (Lipinski definition) is 4. The molecule has 1 aliphatic rings. The van der Waals surface area contributed by atoms with E-state index in [1.165, 1.54) is 0 Å². The highest BCUT2D eigenvalue weighted by Gasteiger charge is 2.29. The molecule has 0 aromatic heterocycles. The number of nitrogens with one attached hydrogen (secondary N) is 4. The summed E-state index contributed by atoms with van der Waals surface area (Å²) in [5, 5.41) is 7.19. The molecule has 1 saturated carbocycles. The molecule has 0 aliphatic heterocycles. The molecule has 1 aliphatic carbocycles. The molecule has 174 valence electrons. The minimum absolute atomic E-state index is 0.00286. The third-order valence-electron chi connectivity index (χ3n) is 5.09. The number of hydrazine groups is 1. The number of hydrogen-bond acceptors (Lipinski definition) is 5. The van der Waals surface area contributed by atoms with Crippen molar-refractivity contribution in [2.45, 2.75) is 12.8 Å². The van der Waals surface area contributed by atoms with Crippen molar-refractivity contribution >= 4 is 67.4 Å². The Morgan fingerprint density at radius 1 is 0.971 bits per heavy atom. The van der Waals surface area contributed by atoms with Gasteiger partial charge in [0.05, 0.1) is 4.47 Å². The smallest absolute Gasteiger partial charge is 0.269 e. The fraction of sp³-hybridized carbons (Fsp3) is 0.167. The molecule has 0 spiro atoms. The molecular formula is C24H21BrN4O4S. The summed E-state index contributed by atoms with van der Waals surface area (Å²) in [5.41, 5.74) is 5.88. The maximum atomic E-state index is 12.3. The van der Waals surface area contributed by atoms with Crippen LogP contribution >= 0.6 is 28.1 Å². The number of rotatable bonds is 6. The van der Waals surface area contributed by atoms with Gasteiger partial charge in [-0.2, -0.15) is 0 Å². The average Bonchev–Trinajstić information content (AvgIpc) is 3.68. The standard InChI is InChI=1S/C24H21BrN4O4S/c25-21-18-4-2-1-3-14(18)9-12-19(21)33-13-20(30)27-24(34)29-28-23(32)16-7-10-17(11-8-16)26-22(31)15-5-6-15/h1-4,7-12,15H,5-6,13H2,(H,26,31)(H,28,32)(H2,27,29,30,34). The Balaban J connectivity index is 1.21. The average molecular weight is 541 g/mol. The summed E-state index contributed by atoms with van der Waals surface area (Å²) in [6, 6.07) is 17.9. The molecule has 0 saturated heterocycles. The second-order valence-corrected chi connectivity index (χ2v) is 8.89. The first-order valence-electron chi connectivity index (χ1n) is 10.5. The SMILES string of the molecule is O=C(COc1ccc2ccccc2c1Br)NC(=S)NNC(=O)c1ccc(NC(=O)C2CC2)cc1. The van der Waals surface area contributed by atoms with Crippen LogP contribution in [0.25, 0.3) is 10.8 Å². The fourth-order valence-corrected chi connectivity index (χ4v) is 3.92. The van der Waals surface area contributed by atoms with Crippen LogP contribution in [0.1, 0.15) is 23.2 Å². The van der Waals surface area contributed by atoms with Gasteiger partial charge in [-0.05, 0) is 82.1 Å². The highest BCUT2D eigenvalue weighted by atomic mass is 79.9. The number of benzene rings is 3. The summed E-state index contributed by atoms with van der Waals surface area (Å²) >= 11 is 8.55. The van der Waals surface area contributed by atoms with Gasteiger partial charge in [0.2, 0.25) is 5.91 Å². The van der Waals surface area contributed by atoms with Crippen LogP contribution in [0.3, 0.4) is 0 Å². The van der Waals surface area contributed by atoms with Gasteiger partial charge in [0.25, 0.3) is 11.8 Å². The maximum absolute atomic E-state index is 12.3. The molecule has 4 rings (SSSR count). The topological polar surface area (TPSA) is 109 Å². The molecule has 0 unspecified atom stereocenters. The van der Waals surface area contributed by atoms with Crippen molar-refractivity contribution in [2.75, 3.05) is 11.9 Å². The van der Waals surface area contributed by atoms with Crippen LogP contribution < -0.4 is 26.2 Å². The molecule has 0 bridgehead atoms. The number of fused-ring (bicyclic) bond motifs is 1. The fourth-order valence-electron chi connectivity index (χ4n) is 3.14. The van der Waals surface area contributed by atoms with Crippen LogP contribution in [0.15, 0.2) is 65.1 Å². The second-order valence-electron chi connectivity index (χ2n) is 7.68. The van der Waals surface area contributed by atoms with E-state index in [9.17, 15) is 14.4 Å². The van der Waals surface area contributed by atoms with Crippen molar-refractivity contribution in [1.82, 2.24) is 16.2 Å². The van der Waals surface area contributed by atoms with Crippen LogP contribution in [-0.2, 0) is 9.59 Å².